The molecule has 2 amide bonds. The van der Waals surface area contributed by atoms with Gasteiger partial charge in [0.15, 0.2) is 0 Å². The van der Waals surface area contributed by atoms with Gasteiger partial charge in [0.05, 0.1) is 25.3 Å². The molecule has 4 heteroatoms. The van der Waals surface area contributed by atoms with Crippen molar-refractivity contribution in [3.05, 3.63) is 29.8 Å². The number of benzene rings is 1. The van der Waals surface area contributed by atoms with Crippen LogP contribution in [0, 0.1) is 6.92 Å². The fourth-order valence-corrected chi connectivity index (χ4v) is 2.85. The van der Waals surface area contributed by atoms with Crippen LogP contribution in [0.4, 0.5) is 10.5 Å². The number of ether oxygens (including phenoxy) is 1. The SMILES string of the molecule is Cc1ccccc1NC(=O)N1[C@@H]2CC[C@H]1COC2. The summed E-state index contributed by atoms with van der Waals surface area (Å²) in [6.07, 6.45) is 2.12. The molecule has 2 bridgehead atoms. The first-order valence-corrected chi connectivity index (χ1v) is 6.48. The molecule has 0 spiro atoms. The largest absolute Gasteiger partial charge is 0.377 e. The molecule has 2 heterocycles. The Morgan fingerprint density at radius 1 is 1.28 bits per heavy atom. The molecule has 1 aromatic rings. The minimum absolute atomic E-state index is 0.0140. The van der Waals surface area contributed by atoms with E-state index in [-0.39, 0.29) is 18.1 Å². The Labute approximate surface area is 107 Å². The number of rotatable bonds is 1. The van der Waals surface area contributed by atoms with E-state index >= 15 is 0 Å². The van der Waals surface area contributed by atoms with E-state index in [2.05, 4.69) is 5.32 Å². The second kappa shape index (κ2) is 4.61. The van der Waals surface area contributed by atoms with E-state index in [4.69, 9.17) is 4.74 Å². The molecule has 0 unspecified atom stereocenters. The van der Waals surface area contributed by atoms with Crippen molar-refractivity contribution in [1.82, 2.24) is 4.90 Å². The maximum atomic E-state index is 12.3. The van der Waals surface area contributed by atoms with Gasteiger partial charge in [0.1, 0.15) is 0 Å². The molecule has 18 heavy (non-hydrogen) atoms. The van der Waals surface area contributed by atoms with Gasteiger partial charge in [-0.15, -0.1) is 0 Å². The normalized spacial score (nSPS) is 26.2. The number of para-hydroxylation sites is 1. The summed E-state index contributed by atoms with van der Waals surface area (Å²) in [5, 5.41) is 3.01. The van der Waals surface area contributed by atoms with Gasteiger partial charge in [0.25, 0.3) is 0 Å². The molecule has 0 aromatic heterocycles. The molecule has 2 aliphatic rings. The maximum Gasteiger partial charge on any atom is 0.322 e. The Hall–Kier alpha value is -1.55. The van der Waals surface area contributed by atoms with Crippen LogP contribution in [-0.4, -0.2) is 36.2 Å². The summed E-state index contributed by atoms with van der Waals surface area (Å²) in [5.41, 5.74) is 1.99. The summed E-state index contributed by atoms with van der Waals surface area (Å²) >= 11 is 0. The minimum Gasteiger partial charge on any atom is -0.377 e. The van der Waals surface area contributed by atoms with Crippen molar-refractivity contribution in [2.75, 3.05) is 18.5 Å². The number of nitrogens with one attached hydrogen (secondary N) is 1. The Morgan fingerprint density at radius 3 is 2.61 bits per heavy atom. The standard InChI is InChI=1S/C14H18N2O2/c1-10-4-2-3-5-13(10)15-14(17)16-11-6-7-12(16)9-18-8-11/h2-5,11-12H,6-9H2,1H3,(H,15,17)/t11-,12+. The zero-order valence-electron chi connectivity index (χ0n) is 10.6. The molecular weight excluding hydrogens is 228 g/mol. The first-order valence-electron chi connectivity index (χ1n) is 6.48. The third-order valence-corrected chi connectivity index (χ3v) is 3.86. The highest BCUT2D eigenvalue weighted by Gasteiger charge is 2.40. The molecule has 2 atom stereocenters. The van der Waals surface area contributed by atoms with Gasteiger partial charge < -0.3 is 15.0 Å². The number of hydrogen-bond acceptors (Lipinski definition) is 2. The van der Waals surface area contributed by atoms with Crippen LogP contribution in [0.15, 0.2) is 24.3 Å². The summed E-state index contributed by atoms with van der Waals surface area (Å²) in [4.78, 5) is 14.3. The number of carbonyl (C=O) groups excluding carboxylic acids is 1. The molecule has 3 rings (SSSR count). The molecule has 1 N–H and O–H groups in total. The Balaban J connectivity index is 1.74. The summed E-state index contributed by atoms with van der Waals surface area (Å²) in [6, 6.07) is 8.39. The predicted octanol–water partition coefficient (Wildman–Crippen LogP) is 2.39. The van der Waals surface area contributed by atoms with E-state index in [9.17, 15) is 4.79 Å². The second-order valence-corrected chi connectivity index (χ2v) is 5.07. The van der Waals surface area contributed by atoms with Crippen LogP contribution in [0.5, 0.6) is 0 Å². The first kappa shape index (κ1) is 11.5. The number of anilines is 1. The molecule has 0 saturated carbocycles. The van der Waals surface area contributed by atoms with Crippen molar-refractivity contribution >= 4 is 11.7 Å². The number of amides is 2. The zero-order chi connectivity index (χ0) is 12.5. The monoisotopic (exact) mass is 246 g/mol. The Morgan fingerprint density at radius 2 is 1.94 bits per heavy atom. The van der Waals surface area contributed by atoms with Crippen LogP contribution in [0.3, 0.4) is 0 Å². The van der Waals surface area contributed by atoms with E-state index in [1.54, 1.807) is 0 Å². The van der Waals surface area contributed by atoms with Gasteiger partial charge in [0, 0.05) is 5.69 Å². The lowest BCUT2D eigenvalue weighted by Gasteiger charge is -2.34. The van der Waals surface area contributed by atoms with Gasteiger partial charge in [-0.2, -0.15) is 0 Å². The van der Waals surface area contributed by atoms with Crippen molar-refractivity contribution < 1.29 is 9.53 Å². The molecule has 2 aliphatic heterocycles. The molecule has 2 fully saturated rings. The molecule has 1 aromatic carbocycles. The summed E-state index contributed by atoms with van der Waals surface area (Å²) < 4.78 is 5.49. The molecule has 2 saturated heterocycles. The maximum absolute atomic E-state index is 12.3. The number of hydrogen-bond donors (Lipinski definition) is 1. The number of aryl methyl sites for hydroxylation is 1. The molecule has 0 aliphatic carbocycles. The quantitative estimate of drug-likeness (QED) is 0.826. The highest BCUT2D eigenvalue weighted by molar-refractivity contribution is 5.90. The van der Waals surface area contributed by atoms with Crippen LogP contribution >= 0.6 is 0 Å². The van der Waals surface area contributed by atoms with Crippen LogP contribution in [-0.2, 0) is 4.74 Å². The Kier molecular flexibility index (Phi) is 2.96. The van der Waals surface area contributed by atoms with E-state index < -0.39 is 0 Å². The predicted molar refractivity (Wildman–Crippen MR) is 69.7 cm³/mol. The lowest BCUT2D eigenvalue weighted by Crippen LogP contribution is -2.50. The Bertz CT molecular complexity index is 445. The van der Waals surface area contributed by atoms with Crippen LogP contribution < -0.4 is 5.32 Å². The number of morpholine rings is 1. The van der Waals surface area contributed by atoms with Crippen molar-refractivity contribution in [2.45, 2.75) is 31.8 Å². The summed E-state index contributed by atoms with van der Waals surface area (Å²) in [6.45, 7) is 3.36. The van der Waals surface area contributed by atoms with Crippen molar-refractivity contribution in [1.29, 1.82) is 0 Å². The number of fused-ring (bicyclic) bond motifs is 2. The van der Waals surface area contributed by atoms with E-state index in [0.717, 1.165) is 24.1 Å². The highest BCUT2D eigenvalue weighted by Crippen LogP contribution is 2.29. The van der Waals surface area contributed by atoms with Gasteiger partial charge in [-0.25, -0.2) is 4.79 Å². The van der Waals surface area contributed by atoms with Crippen molar-refractivity contribution in [3.63, 3.8) is 0 Å². The van der Waals surface area contributed by atoms with Crippen LogP contribution in [0.1, 0.15) is 18.4 Å². The van der Waals surface area contributed by atoms with Gasteiger partial charge >= 0.3 is 6.03 Å². The highest BCUT2D eigenvalue weighted by atomic mass is 16.5. The topological polar surface area (TPSA) is 41.6 Å². The van der Waals surface area contributed by atoms with Crippen LogP contribution in [0.2, 0.25) is 0 Å². The smallest absolute Gasteiger partial charge is 0.322 e. The average Bonchev–Trinajstić information content (AvgIpc) is 2.62. The van der Waals surface area contributed by atoms with E-state index in [0.29, 0.717) is 13.2 Å². The number of urea groups is 1. The molecule has 96 valence electrons. The molecule has 4 nitrogen and oxygen atoms in total. The average molecular weight is 246 g/mol. The van der Waals surface area contributed by atoms with Crippen molar-refractivity contribution in [3.8, 4) is 0 Å². The van der Waals surface area contributed by atoms with Crippen molar-refractivity contribution in [2.24, 2.45) is 0 Å². The fraction of sp³-hybridized carbons (Fsp3) is 0.500. The van der Waals surface area contributed by atoms with Gasteiger partial charge in [-0.05, 0) is 31.4 Å². The molecular formula is C14H18N2O2. The number of nitrogens with zero attached hydrogens (tertiary/aromatic N) is 1. The van der Waals surface area contributed by atoms with E-state index in [1.807, 2.05) is 36.1 Å². The second-order valence-electron chi connectivity index (χ2n) is 5.07. The molecule has 0 radical (unpaired) electrons. The third-order valence-electron chi connectivity index (χ3n) is 3.86. The number of carbonyl (C=O) groups is 1. The fourth-order valence-electron chi connectivity index (χ4n) is 2.85. The lowest BCUT2D eigenvalue weighted by atomic mass is 10.2. The van der Waals surface area contributed by atoms with Gasteiger partial charge in [-0.3, -0.25) is 0 Å². The minimum atomic E-state index is 0.0140. The summed E-state index contributed by atoms with van der Waals surface area (Å²) in [5.74, 6) is 0. The van der Waals surface area contributed by atoms with Crippen LogP contribution in [0.25, 0.3) is 0 Å². The lowest BCUT2D eigenvalue weighted by molar-refractivity contribution is 0.00949. The van der Waals surface area contributed by atoms with E-state index in [1.165, 1.54) is 0 Å². The first-order chi connectivity index (χ1) is 8.75. The zero-order valence-corrected chi connectivity index (χ0v) is 10.6. The summed E-state index contributed by atoms with van der Waals surface area (Å²) in [7, 11) is 0. The van der Waals surface area contributed by atoms with Gasteiger partial charge in [-0.1, -0.05) is 18.2 Å². The third kappa shape index (κ3) is 1.97. The van der Waals surface area contributed by atoms with Gasteiger partial charge in [0.2, 0.25) is 0 Å².